The zero-order chi connectivity index (χ0) is 14.2. The van der Waals surface area contributed by atoms with Crippen molar-refractivity contribution in [3.05, 3.63) is 47.9 Å². The third kappa shape index (κ3) is 4.20. The van der Waals surface area contributed by atoms with Gasteiger partial charge in [0, 0.05) is 12.7 Å². The first-order valence-corrected chi connectivity index (χ1v) is 6.59. The summed E-state index contributed by atoms with van der Waals surface area (Å²) in [5.74, 6) is 1.37. The predicted octanol–water partition coefficient (Wildman–Crippen LogP) is 2.17. The van der Waals surface area contributed by atoms with Crippen molar-refractivity contribution in [2.75, 3.05) is 13.7 Å². The highest BCUT2D eigenvalue weighted by atomic mass is 16.5. The van der Waals surface area contributed by atoms with Gasteiger partial charge in [0.15, 0.2) is 0 Å². The first kappa shape index (κ1) is 14.3. The summed E-state index contributed by atoms with van der Waals surface area (Å²) in [5, 5.41) is 3.21. The van der Waals surface area contributed by atoms with Gasteiger partial charge >= 0.3 is 0 Å². The molecule has 2 aromatic rings. The predicted molar refractivity (Wildman–Crippen MR) is 76.7 cm³/mol. The monoisotopic (exact) mass is 273 g/mol. The second-order valence-corrected chi connectivity index (χ2v) is 4.27. The minimum absolute atomic E-state index is 0.462. The van der Waals surface area contributed by atoms with Crippen LogP contribution in [0.3, 0.4) is 0 Å². The van der Waals surface area contributed by atoms with Gasteiger partial charge in [-0.25, -0.2) is 4.98 Å². The molecule has 0 atom stereocenters. The van der Waals surface area contributed by atoms with Gasteiger partial charge in [0.05, 0.1) is 19.0 Å². The highest BCUT2D eigenvalue weighted by Crippen LogP contribution is 2.13. The Morgan fingerprint density at radius 2 is 1.95 bits per heavy atom. The molecule has 0 radical (unpaired) electrons. The van der Waals surface area contributed by atoms with Gasteiger partial charge in [-0.2, -0.15) is 0 Å². The number of benzene rings is 1. The van der Waals surface area contributed by atoms with Gasteiger partial charge in [-0.1, -0.05) is 19.1 Å². The van der Waals surface area contributed by atoms with E-state index in [-0.39, 0.29) is 0 Å². The van der Waals surface area contributed by atoms with Gasteiger partial charge in [0.2, 0.25) is 5.88 Å². The van der Waals surface area contributed by atoms with Crippen molar-refractivity contribution >= 4 is 0 Å². The lowest BCUT2D eigenvalue weighted by Gasteiger charge is -2.07. The van der Waals surface area contributed by atoms with E-state index in [1.807, 2.05) is 24.3 Å². The Morgan fingerprint density at radius 3 is 2.65 bits per heavy atom. The van der Waals surface area contributed by atoms with Crippen LogP contribution in [-0.4, -0.2) is 23.6 Å². The van der Waals surface area contributed by atoms with Crippen LogP contribution in [-0.2, 0) is 13.2 Å². The quantitative estimate of drug-likeness (QED) is 0.838. The number of nitrogens with zero attached hydrogens (tertiary/aromatic N) is 2. The number of aromatic nitrogens is 2. The van der Waals surface area contributed by atoms with Crippen molar-refractivity contribution < 1.29 is 9.47 Å². The van der Waals surface area contributed by atoms with Crippen LogP contribution in [0.2, 0.25) is 0 Å². The van der Waals surface area contributed by atoms with Gasteiger partial charge in [-0.3, -0.25) is 4.98 Å². The summed E-state index contributed by atoms with van der Waals surface area (Å²) < 4.78 is 10.8. The Labute approximate surface area is 119 Å². The molecule has 0 unspecified atom stereocenters. The van der Waals surface area contributed by atoms with E-state index in [1.165, 1.54) is 0 Å². The fourth-order valence-corrected chi connectivity index (χ4v) is 1.67. The Kier molecular flexibility index (Phi) is 5.32. The summed E-state index contributed by atoms with van der Waals surface area (Å²) in [5.41, 5.74) is 1.93. The zero-order valence-corrected chi connectivity index (χ0v) is 11.8. The van der Waals surface area contributed by atoms with E-state index in [2.05, 4.69) is 22.2 Å². The average molecular weight is 273 g/mol. The van der Waals surface area contributed by atoms with E-state index in [4.69, 9.17) is 9.47 Å². The van der Waals surface area contributed by atoms with E-state index in [0.717, 1.165) is 23.6 Å². The maximum atomic E-state index is 5.64. The molecule has 1 N–H and O–H groups in total. The second kappa shape index (κ2) is 7.45. The third-order valence-corrected chi connectivity index (χ3v) is 2.76. The minimum atomic E-state index is 0.462. The minimum Gasteiger partial charge on any atom is -0.497 e. The number of nitrogens with one attached hydrogen (secondary N) is 1. The normalized spacial score (nSPS) is 10.3. The largest absolute Gasteiger partial charge is 0.497 e. The SMILES string of the molecule is CCNCc1cncc(OCc2ccc(OC)cc2)n1. The summed E-state index contributed by atoms with van der Waals surface area (Å²) in [7, 11) is 1.65. The van der Waals surface area contributed by atoms with Crippen LogP contribution in [0.5, 0.6) is 11.6 Å². The van der Waals surface area contributed by atoms with Crippen LogP contribution in [0, 0.1) is 0 Å². The van der Waals surface area contributed by atoms with Gasteiger partial charge < -0.3 is 14.8 Å². The summed E-state index contributed by atoms with van der Waals surface area (Å²) in [6.45, 7) is 4.11. The fourth-order valence-electron chi connectivity index (χ4n) is 1.67. The molecule has 0 saturated heterocycles. The maximum absolute atomic E-state index is 5.64. The highest BCUT2D eigenvalue weighted by molar-refractivity contribution is 5.27. The average Bonchev–Trinajstić information content (AvgIpc) is 2.52. The third-order valence-electron chi connectivity index (χ3n) is 2.76. The smallest absolute Gasteiger partial charge is 0.232 e. The topological polar surface area (TPSA) is 56.3 Å². The summed E-state index contributed by atoms with van der Waals surface area (Å²) in [4.78, 5) is 8.52. The summed E-state index contributed by atoms with van der Waals surface area (Å²) in [6, 6.07) is 7.75. The first-order chi connectivity index (χ1) is 9.81. The molecule has 20 heavy (non-hydrogen) atoms. The zero-order valence-electron chi connectivity index (χ0n) is 11.8. The Morgan fingerprint density at radius 1 is 1.15 bits per heavy atom. The van der Waals surface area contributed by atoms with Crippen LogP contribution < -0.4 is 14.8 Å². The molecule has 0 spiro atoms. The van der Waals surface area contributed by atoms with Crippen LogP contribution in [0.1, 0.15) is 18.2 Å². The molecule has 1 aromatic carbocycles. The standard InChI is InChI=1S/C15H19N3O2/c1-3-16-8-13-9-17-10-15(18-13)20-11-12-4-6-14(19-2)7-5-12/h4-7,9-10,16H,3,8,11H2,1-2H3. The fraction of sp³-hybridized carbons (Fsp3) is 0.333. The molecule has 0 aliphatic carbocycles. The number of rotatable bonds is 7. The maximum Gasteiger partial charge on any atom is 0.232 e. The number of ether oxygens (including phenoxy) is 2. The molecule has 1 aromatic heterocycles. The molecule has 5 heteroatoms. The van der Waals surface area contributed by atoms with Crippen molar-refractivity contribution in [2.45, 2.75) is 20.1 Å². The molecule has 5 nitrogen and oxygen atoms in total. The molecular weight excluding hydrogens is 254 g/mol. The van der Waals surface area contributed by atoms with Crippen LogP contribution in [0.4, 0.5) is 0 Å². The van der Waals surface area contributed by atoms with Crippen molar-refractivity contribution in [3.63, 3.8) is 0 Å². The molecule has 0 fully saturated rings. The Bertz CT molecular complexity index is 529. The van der Waals surface area contributed by atoms with E-state index >= 15 is 0 Å². The van der Waals surface area contributed by atoms with Crippen molar-refractivity contribution in [1.82, 2.24) is 15.3 Å². The van der Waals surface area contributed by atoms with E-state index in [0.29, 0.717) is 19.0 Å². The second-order valence-electron chi connectivity index (χ2n) is 4.27. The number of methoxy groups -OCH3 is 1. The first-order valence-electron chi connectivity index (χ1n) is 6.59. The number of hydrogen-bond donors (Lipinski definition) is 1. The lowest BCUT2D eigenvalue weighted by Crippen LogP contribution is -2.13. The van der Waals surface area contributed by atoms with E-state index in [1.54, 1.807) is 19.5 Å². The molecule has 2 rings (SSSR count). The summed E-state index contributed by atoms with van der Waals surface area (Å²) in [6.07, 6.45) is 3.36. The highest BCUT2D eigenvalue weighted by Gasteiger charge is 2.01. The molecule has 0 aliphatic rings. The molecule has 0 saturated carbocycles. The van der Waals surface area contributed by atoms with Gasteiger partial charge in [0.1, 0.15) is 12.4 Å². The van der Waals surface area contributed by atoms with Gasteiger partial charge in [-0.15, -0.1) is 0 Å². The molecule has 1 heterocycles. The van der Waals surface area contributed by atoms with Crippen molar-refractivity contribution in [1.29, 1.82) is 0 Å². The lowest BCUT2D eigenvalue weighted by molar-refractivity contribution is 0.291. The molecule has 106 valence electrons. The Balaban J connectivity index is 1.92. The molecule has 0 bridgehead atoms. The molecule has 0 amide bonds. The molecule has 0 aliphatic heterocycles. The van der Waals surface area contributed by atoms with Gasteiger partial charge in [-0.05, 0) is 24.2 Å². The summed E-state index contributed by atoms with van der Waals surface area (Å²) >= 11 is 0. The van der Waals surface area contributed by atoms with Crippen LogP contribution in [0.25, 0.3) is 0 Å². The number of hydrogen-bond acceptors (Lipinski definition) is 5. The van der Waals surface area contributed by atoms with Gasteiger partial charge in [0.25, 0.3) is 0 Å². The van der Waals surface area contributed by atoms with Crippen molar-refractivity contribution in [2.24, 2.45) is 0 Å². The van der Waals surface area contributed by atoms with Crippen LogP contribution in [0.15, 0.2) is 36.7 Å². The van der Waals surface area contributed by atoms with E-state index in [9.17, 15) is 0 Å². The van der Waals surface area contributed by atoms with E-state index < -0.39 is 0 Å². The molecular formula is C15H19N3O2. The van der Waals surface area contributed by atoms with Crippen molar-refractivity contribution in [3.8, 4) is 11.6 Å². The lowest BCUT2D eigenvalue weighted by atomic mass is 10.2. The van der Waals surface area contributed by atoms with Crippen LogP contribution >= 0.6 is 0 Å². The Hall–Kier alpha value is -2.14.